The predicted octanol–water partition coefficient (Wildman–Crippen LogP) is 3.18. The maximum Gasteiger partial charge on any atom is 0.00865 e. The van der Waals surface area contributed by atoms with E-state index < -0.39 is 0 Å². The first-order chi connectivity index (χ1) is 7.84. The molecule has 86 valence electrons. The van der Waals surface area contributed by atoms with E-state index >= 15 is 0 Å². The van der Waals surface area contributed by atoms with Crippen molar-refractivity contribution >= 4 is 0 Å². The Labute approximate surface area is 99.3 Å². The van der Waals surface area contributed by atoms with E-state index in [1.807, 2.05) is 0 Å². The summed E-state index contributed by atoms with van der Waals surface area (Å²) >= 11 is 0. The van der Waals surface area contributed by atoms with Gasteiger partial charge in [-0.25, -0.2) is 0 Å². The van der Waals surface area contributed by atoms with Gasteiger partial charge in [-0.15, -0.1) is 12.3 Å². The van der Waals surface area contributed by atoms with Crippen LogP contribution in [0.1, 0.15) is 37.7 Å². The van der Waals surface area contributed by atoms with Gasteiger partial charge in [-0.2, -0.15) is 0 Å². The van der Waals surface area contributed by atoms with Crippen LogP contribution in [0.25, 0.3) is 0 Å². The molecular weight excluding hydrogens is 194 g/mol. The zero-order valence-corrected chi connectivity index (χ0v) is 10.1. The lowest BCUT2D eigenvalue weighted by molar-refractivity contribution is 0.585. The van der Waals surface area contributed by atoms with Crippen molar-refractivity contribution in [3.8, 4) is 12.3 Å². The molecule has 1 heteroatoms. The molecule has 1 nitrogen and oxygen atoms in total. The van der Waals surface area contributed by atoms with Gasteiger partial charge in [-0.3, -0.25) is 0 Å². The molecule has 1 unspecified atom stereocenters. The van der Waals surface area contributed by atoms with Crippen molar-refractivity contribution in [2.75, 3.05) is 13.1 Å². The molecule has 0 saturated carbocycles. The van der Waals surface area contributed by atoms with Crippen LogP contribution in [-0.4, -0.2) is 13.1 Å². The fourth-order valence-corrected chi connectivity index (χ4v) is 1.70. The number of unbranched alkanes of at least 4 members (excludes halogenated alkanes) is 2. The lowest BCUT2D eigenvalue weighted by Gasteiger charge is -2.12. The van der Waals surface area contributed by atoms with Gasteiger partial charge in [0.15, 0.2) is 0 Å². The fourth-order valence-electron chi connectivity index (χ4n) is 1.70. The van der Waals surface area contributed by atoms with Crippen molar-refractivity contribution in [2.24, 2.45) is 0 Å². The molecular formula is C15H21N. The molecule has 1 atom stereocenters. The smallest absolute Gasteiger partial charge is 0.00865 e. The summed E-state index contributed by atoms with van der Waals surface area (Å²) in [6.45, 7) is 4.36. The molecule has 0 spiro atoms. The highest BCUT2D eigenvalue weighted by atomic mass is 14.8. The quantitative estimate of drug-likeness (QED) is 0.544. The molecule has 0 aliphatic rings. The van der Waals surface area contributed by atoms with Gasteiger partial charge in [0.2, 0.25) is 0 Å². The predicted molar refractivity (Wildman–Crippen MR) is 70.4 cm³/mol. The number of benzene rings is 1. The van der Waals surface area contributed by atoms with Crippen molar-refractivity contribution in [3.05, 3.63) is 35.9 Å². The second-order valence-electron chi connectivity index (χ2n) is 4.18. The first kappa shape index (κ1) is 12.8. The number of hydrogen-bond acceptors (Lipinski definition) is 1. The Balaban J connectivity index is 2.12. The zero-order chi connectivity index (χ0) is 11.6. The summed E-state index contributed by atoms with van der Waals surface area (Å²) in [5.74, 6) is 3.24. The van der Waals surface area contributed by atoms with E-state index in [-0.39, 0.29) is 0 Å². The molecule has 0 aromatic heterocycles. The molecule has 1 N–H and O–H groups in total. The summed E-state index contributed by atoms with van der Waals surface area (Å²) < 4.78 is 0. The summed E-state index contributed by atoms with van der Waals surface area (Å²) in [5, 5.41) is 3.47. The van der Waals surface area contributed by atoms with Gasteiger partial charge in [-0.1, -0.05) is 37.3 Å². The molecule has 0 bridgehead atoms. The van der Waals surface area contributed by atoms with Crippen molar-refractivity contribution < 1.29 is 0 Å². The van der Waals surface area contributed by atoms with Crippen molar-refractivity contribution in [3.63, 3.8) is 0 Å². The maximum absolute atomic E-state index is 5.20. The summed E-state index contributed by atoms with van der Waals surface area (Å²) in [5.41, 5.74) is 1.40. The first-order valence-corrected chi connectivity index (χ1v) is 6.03. The van der Waals surface area contributed by atoms with E-state index in [9.17, 15) is 0 Å². The van der Waals surface area contributed by atoms with Crippen LogP contribution in [0.3, 0.4) is 0 Å². The van der Waals surface area contributed by atoms with Crippen LogP contribution in [0.15, 0.2) is 30.3 Å². The van der Waals surface area contributed by atoms with E-state index in [4.69, 9.17) is 6.42 Å². The maximum atomic E-state index is 5.20. The van der Waals surface area contributed by atoms with E-state index in [1.54, 1.807) is 0 Å². The molecule has 0 heterocycles. The zero-order valence-electron chi connectivity index (χ0n) is 10.1. The second kappa shape index (κ2) is 7.96. The molecule has 0 radical (unpaired) electrons. The van der Waals surface area contributed by atoms with Gasteiger partial charge in [0, 0.05) is 13.0 Å². The molecule has 1 aromatic carbocycles. The Morgan fingerprint density at radius 3 is 2.69 bits per heavy atom. The SMILES string of the molecule is C#CCCCCNCC(C)c1ccccc1. The third-order valence-electron chi connectivity index (χ3n) is 2.74. The third kappa shape index (κ3) is 5.00. The molecule has 0 saturated heterocycles. The highest BCUT2D eigenvalue weighted by Gasteiger charge is 2.02. The van der Waals surface area contributed by atoms with Gasteiger partial charge in [-0.05, 0) is 30.9 Å². The average molecular weight is 215 g/mol. The van der Waals surface area contributed by atoms with Crippen LogP contribution in [-0.2, 0) is 0 Å². The van der Waals surface area contributed by atoms with Crippen LogP contribution in [0, 0.1) is 12.3 Å². The average Bonchev–Trinajstić information content (AvgIpc) is 2.34. The summed E-state index contributed by atoms with van der Waals surface area (Å²) in [7, 11) is 0. The van der Waals surface area contributed by atoms with Gasteiger partial charge >= 0.3 is 0 Å². The van der Waals surface area contributed by atoms with Crippen LogP contribution >= 0.6 is 0 Å². The summed E-state index contributed by atoms with van der Waals surface area (Å²) in [6.07, 6.45) is 8.40. The minimum absolute atomic E-state index is 0.578. The minimum atomic E-state index is 0.578. The van der Waals surface area contributed by atoms with Gasteiger partial charge in [0.25, 0.3) is 0 Å². The molecule has 1 aromatic rings. The Bertz CT molecular complexity index is 310. The fraction of sp³-hybridized carbons (Fsp3) is 0.467. The highest BCUT2D eigenvalue weighted by molar-refractivity contribution is 5.18. The molecule has 0 aliphatic heterocycles. The van der Waals surface area contributed by atoms with E-state index in [0.717, 1.165) is 25.9 Å². The van der Waals surface area contributed by atoms with E-state index in [2.05, 4.69) is 48.5 Å². The normalized spacial score (nSPS) is 12.0. The molecule has 0 fully saturated rings. The Morgan fingerprint density at radius 1 is 1.25 bits per heavy atom. The van der Waals surface area contributed by atoms with Crippen molar-refractivity contribution in [1.29, 1.82) is 0 Å². The Kier molecular flexibility index (Phi) is 6.37. The standard InChI is InChI=1S/C15H21N/c1-3-4-5-9-12-16-13-14(2)15-10-7-6-8-11-15/h1,6-8,10-11,14,16H,4-5,9,12-13H2,2H3. The third-order valence-corrected chi connectivity index (χ3v) is 2.74. The molecule has 16 heavy (non-hydrogen) atoms. The lowest BCUT2D eigenvalue weighted by Crippen LogP contribution is -2.21. The van der Waals surface area contributed by atoms with E-state index in [1.165, 1.54) is 12.0 Å². The van der Waals surface area contributed by atoms with Crippen LogP contribution in [0.5, 0.6) is 0 Å². The largest absolute Gasteiger partial charge is 0.316 e. The van der Waals surface area contributed by atoms with Gasteiger partial charge < -0.3 is 5.32 Å². The number of rotatable bonds is 7. The van der Waals surface area contributed by atoms with Crippen LogP contribution in [0.4, 0.5) is 0 Å². The molecule has 0 aliphatic carbocycles. The molecule has 0 amide bonds. The summed E-state index contributed by atoms with van der Waals surface area (Å²) in [4.78, 5) is 0. The Hall–Kier alpha value is -1.26. The lowest BCUT2D eigenvalue weighted by atomic mass is 10.0. The Morgan fingerprint density at radius 2 is 2.00 bits per heavy atom. The summed E-state index contributed by atoms with van der Waals surface area (Å²) in [6, 6.07) is 10.6. The highest BCUT2D eigenvalue weighted by Crippen LogP contribution is 2.12. The molecule has 1 rings (SSSR count). The van der Waals surface area contributed by atoms with Crippen LogP contribution in [0.2, 0.25) is 0 Å². The topological polar surface area (TPSA) is 12.0 Å². The van der Waals surface area contributed by atoms with Gasteiger partial charge in [0.05, 0.1) is 0 Å². The number of nitrogens with one attached hydrogen (secondary N) is 1. The van der Waals surface area contributed by atoms with Gasteiger partial charge in [0.1, 0.15) is 0 Å². The van der Waals surface area contributed by atoms with Crippen molar-refractivity contribution in [1.82, 2.24) is 5.32 Å². The van der Waals surface area contributed by atoms with E-state index in [0.29, 0.717) is 5.92 Å². The van der Waals surface area contributed by atoms with Crippen LogP contribution < -0.4 is 5.32 Å². The second-order valence-corrected chi connectivity index (χ2v) is 4.18. The number of hydrogen-bond donors (Lipinski definition) is 1. The first-order valence-electron chi connectivity index (χ1n) is 6.03. The van der Waals surface area contributed by atoms with Crippen molar-refractivity contribution in [2.45, 2.75) is 32.1 Å². The monoisotopic (exact) mass is 215 g/mol. The number of terminal acetylenes is 1. The minimum Gasteiger partial charge on any atom is -0.316 e.